The highest BCUT2D eigenvalue weighted by molar-refractivity contribution is 5.83. The smallest absolute Gasteiger partial charge is 0.227 e. The van der Waals surface area contributed by atoms with Crippen LogP contribution < -0.4 is 15.4 Å². The van der Waals surface area contributed by atoms with Gasteiger partial charge in [-0.1, -0.05) is 25.5 Å². The number of carbonyl (C=O) groups is 1. The van der Waals surface area contributed by atoms with Gasteiger partial charge in [-0.05, 0) is 37.1 Å². The highest BCUT2D eigenvalue weighted by atomic mass is 16.5. The summed E-state index contributed by atoms with van der Waals surface area (Å²) in [6.07, 6.45) is 2.92. The zero-order valence-electron chi connectivity index (χ0n) is 12.4. The van der Waals surface area contributed by atoms with E-state index in [0.717, 1.165) is 43.7 Å². The molecule has 4 nitrogen and oxygen atoms in total. The minimum atomic E-state index is -0.215. The summed E-state index contributed by atoms with van der Waals surface area (Å²) in [5.41, 5.74) is 0.850. The summed E-state index contributed by atoms with van der Waals surface area (Å²) in [6.45, 7) is 4.42. The number of benzene rings is 1. The fourth-order valence-corrected chi connectivity index (χ4v) is 2.90. The van der Waals surface area contributed by atoms with Crippen LogP contribution in [0.15, 0.2) is 24.3 Å². The normalized spacial score (nSPS) is 21.7. The molecule has 0 spiro atoms. The first-order chi connectivity index (χ1) is 9.70. The molecule has 2 rings (SSSR count). The van der Waals surface area contributed by atoms with E-state index in [9.17, 15) is 4.79 Å². The summed E-state index contributed by atoms with van der Waals surface area (Å²) in [7, 11) is 1.65. The third-order valence-corrected chi connectivity index (χ3v) is 4.04. The summed E-state index contributed by atoms with van der Waals surface area (Å²) in [4.78, 5) is 12.5. The number of nitrogens with one attached hydrogen (secondary N) is 2. The van der Waals surface area contributed by atoms with E-state index in [1.807, 2.05) is 24.3 Å². The van der Waals surface area contributed by atoms with Gasteiger partial charge in [0.05, 0.1) is 12.5 Å². The number of hydrogen-bond donors (Lipinski definition) is 2. The monoisotopic (exact) mass is 276 g/mol. The van der Waals surface area contributed by atoms with Crippen LogP contribution in [0.3, 0.4) is 0 Å². The number of amides is 1. The van der Waals surface area contributed by atoms with Gasteiger partial charge in [-0.15, -0.1) is 0 Å². The van der Waals surface area contributed by atoms with Gasteiger partial charge >= 0.3 is 0 Å². The minimum absolute atomic E-state index is 0.173. The van der Waals surface area contributed by atoms with E-state index in [2.05, 4.69) is 17.6 Å². The van der Waals surface area contributed by atoms with Gasteiger partial charge in [-0.2, -0.15) is 0 Å². The Hall–Kier alpha value is -1.55. The Bertz CT molecular complexity index is 454. The molecule has 2 N–H and O–H groups in total. The van der Waals surface area contributed by atoms with Crippen LogP contribution in [-0.2, 0) is 11.3 Å². The van der Waals surface area contributed by atoms with Crippen molar-refractivity contribution in [3.05, 3.63) is 29.8 Å². The van der Waals surface area contributed by atoms with Gasteiger partial charge in [0.25, 0.3) is 0 Å². The fourth-order valence-electron chi connectivity index (χ4n) is 2.90. The second-order valence-electron chi connectivity index (χ2n) is 5.49. The molecule has 1 unspecified atom stereocenters. The van der Waals surface area contributed by atoms with Crippen molar-refractivity contribution >= 4 is 5.91 Å². The van der Waals surface area contributed by atoms with Crippen LogP contribution >= 0.6 is 0 Å². The molecule has 1 aliphatic heterocycles. The Morgan fingerprint density at radius 1 is 1.50 bits per heavy atom. The number of hydrogen-bond acceptors (Lipinski definition) is 3. The topological polar surface area (TPSA) is 50.4 Å². The molecule has 0 saturated carbocycles. The molecule has 1 fully saturated rings. The first-order valence-electron chi connectivity index (χ1n) is 7.32. The van der Waals surface area contributed by atoms with Gasteiger partial charge in [0.2, 0.25) is 5.91 Å². The number of carbonyl (C=O) groups excluding carboxylic acids is 1. The molecular formula is C16H24N2O2. The van der Waals surface area contributed by atoms with Crippen LogP contribution in [0.2, 0.25) is 0 Å². The van der Waals surface area contributed by atoms with E-state index in [1.165, 1.54) is 0 Å². The second kappa shape index (κ2) is 6.75. The van der Waals surface area contributed by atoms with Gasteiger partial charge in [-0.3, -0.25) is 4.79 Å². The van der Waals surface area contributed by atoms with Crippen LogP contribution in [0.25, 0.3) is 0 Å². The van der Waals surface area contributed by atoms with Crippen molar-refractivity contribution in [2.75, 3.05) is 20.2 Å². The molecule has 1 heterocycles. The molecule has 0 aromatic heterocycles. The Kier molecular flexibility index (Phi) is 5.01. The lowest BCUT2D eigenvalue weighted by atomic mass is 9.81. The number of ether oxygens (including phenoxy) is 1. The molecule has 4 heteroatoms. The molecule has 1 aromatic rings. The van der Waals surface area contributed by atoms with Crippen LogP contribution in [0.4, 0.5) is 0 Å². The first kappa shape index (κ1) is 14.9. The van der Waals surface area contributed by atoms with Gasteiger partial charge in [0.15, 0.2) is 0 Å². The van der Waals surface area contributed by atoms with Crippen molar-refractivity contribution in [3.63, 3.8) is 0 Å². The SMILES string of the molecule is CCCC1(C(=O)NCc2cccc(OC)c2)CCNC1. The quantitative estimate of drug-likeness (QED) is 0.836. The van der Waals surface area contributed by atoms with Crippen LogP contribution in [0, 0.1) is 5.41 Å². The van der Waals surface area contributed by atoms with Crippen molar-refractivity contribution in [2.24, 2.45) is 5.41 Å². The molecule has 20 heavy (non-hydrogen) atoms. The maximum absolute atomic E-state index is 12.5. The lowest BCUT2D eigenvalue weighted by molar-refractivity contribution is -0.130. The Morgan fingerprint density at radius 2 is 2.35 bits per heavy atom. The molecule has 1 atom stereocenters. The lowest BCUT2D eigenvalue weighted by Gasteiger charge is -2.26. The van der Waals surface area contributed by atoms with Crippen LogP contribution in [0.1, 0.15) is 31.7 Å². The van der Waals surface area contributed by atoms with Crippen molar-refractivity contribution in [3.8, 4) is 5.75 Å². The largest absolute Gasteiger partial charge is 0.497 e. The number of rotatable bonds is 6. The molecule has 1 aromatic carbocycles. The van der Waals surface area contributed by atoms with Crippen molar-refractivity contribution in [2.45, 2.75) is 32.7 Å². The molecule has 1 amide bonds. The van der Waals surface area contributed by atoms with E-state index in [4.69, 9.17) is 4.74 Å². The van der Waals surface area contributed by atoms with Crippen LogP contribution in [-0.4, -0.2) is 26.1 Å². The summed E-state index contributed by atoms with van der Waals surface area (Å²) >= 11 is 0. The first-order valence-corrected chi connectivity index (χ1v) is 7.32. The highest BCUT2D eigenvalue weighted by Gasteiger charge is 2.39. The maximum atomic E-state index is 12.5. The molecule has 110 valence electrons. The summed E-state index contributed by atoms with van der Waals surface area (Å²) in [5.74, 6) is 0.995. The van der Waals surface area contributed by atoms with E-state index >= 15 is 0 Å². The van der Waals surface area contributed by atoms with E-state index < -0.39 is 0 Å². The fraction of sp³-hybridized carbons (Fsp3) is 0.562. The lowest BCUT2D eigenvalue weighted by Crippen LogP contribution is -2.42. The van der Waals surface area contributed by atoms with E-state index in [1.54, 1.807) is 7.11 Å². The van der Waals surface area contributed by atoms with Crippen molar-refractivity contribution in [1.29, 1.82) is 0 Å². The van der Waals surface area contributed by atoms with Gasteiger partial charge < -0.3 is 15.4 Å². The van der Waals surface area contributed by atoms with Gasteiger partial charge in [0, 0.05) is 13.1 Å². The van der Waals surface area contributed by atoms with Gasteiger partial charge in [-0.25, -0.2) is 0 Å². The maximum Gasteiger partial charge on any atom is 0.227 e. The Morgan fingerprint density at radius 3 is 3.00 bits per heavy atom. The average molecular weight is 276 g/mol. The third kappa shape index (κ3) is 3.31. The molecule has 0 aliphatic carbocycles. The Balaban J connectivity index is 1.96. The number of methoxy groups -OCH3 is 1. The minimum Gasteiger partial charge on any atom is -0.497 e. The Labute approximate surface area is 120 Å². The molecule has 0 radical (unpaired) electrons. The van der Waals surface area contributed by atoms with Crippen LogP contribution in [0.5, 0.6) is 5.75 Å². The zero-order chi connectivity index (χ0) is 14.4. The predicted molar refractivity (Wildman–Crippen MR) is 79.7 cm³/mol. The third-order valence-electron chi connectivity index (χ3n) is 4.04. The zero-order valence-corrected chi connectivity index (χ0v) is 12.4. The van der Waals surface area contributed by atoms with Crippen molar-refractivity contribution in [1.82, 2.24) is 10.6 Å². The van der Waals surface area contributed by atoms with Crippen molar-refractivity contribution < 1.29 is 9.53 Å². The summed E-state index contributed by atoms with van der Waals surface area (Å²) in [5, 5.41) is 6.40. The van der Waals surface area contributed by atoms with E-state index in [-0.39, 0.29) is 11.3 Å². The molecule has 1 saturated heterocycles. The highest BCUT2D eigenvalue weighted by Crippen LogP contribution is 2.31. The summed E-state index contributed by atoms with van der Waals surface area (Å²) in [6, 6.07) is 7.81. The second-order valence-corrected chi connectivity index (χ2v) is 5.49. The van der Waals surface area contributed by atoms with E-state index in [0.29, 0.717) is 6.54 Å². The average Bonchev–Trinajstić information content (AvgIpc) is 2.95. The molecule has 0 bridgehead atoms. The summed E-state index contributed by atoms with van der Waals surface area (Å²) < 4.78 is 5.20. The van der Waals surface area contributed by atoms with Gasteiger partial charge in [0.1, 0.15) is 5.75 Å². The standard InChI is InChI=1S/C16H24N2O2/c1-3-7-16(8-9-17-12-16)15(19)18-11-13-5-4-6-14(10-13)20-2/h4-6,10,17H,3,7-9,11-12H2,1-2H3,(H,18,19). The molecular weight excluding hydrogens is 252 g/mol. The molecule has 1 aliphatic rings. The predicted octanol–water partition coefficient (Wildman–Crippen LogP) is 2.09.